The molecule has 0 bridgehead atoms. The summed E-state index contributed by atoms with van der Waals surface area (Å²) in [6.45, 7) is 1.90. The van der Waals surface area contributed by atoms with Gasteiger partial charge in [-0.15, -0.1) is 0 Å². The molecule has 0 unspecified atom stereocenters. The van der Waals surface area contributed by atoms with Gasteiger partial charge in [0, 0.05) is 6.07 Å². The van der Waals surface area contributed by atoms with Crippen molar-refractivity contribution in [3.63, 3.8) is 0 Å². The van der Waals surface area contributed by atoms with Gasteiger partial charge in [-0.05, 0) is 36.8 Å². The lowest BCUT2D eigenvalue weighted by Crippen LogP contribution is -2.13. The van der Waals surface area contributed by atoms with Crippen LogP contribution in [0.3, 0.4) is 0 Å². The second-order valence-electron chi connectivity index (χ2n) is 4.36. The van der Waals surface area contributed by atoms with Gasteiger partial charge in [0.1, 0.15) is 17.2 Å². The number of rotatable bonds is 3. The van der Waals surface area contributed by atoms with Crippen LogP contribution in [0.25, 0.3) is 0 Å². The Kier molecular flexibility index (Phi) is 3.79. The van der Waals surface area contributed by atoms with Crippen LogP contribution in [0.5, 0.6) is 17.2 Å². The predicted octanol–water partition coefficient (Wildman–Crippen LogP) is 2.67. The Bertz CT molecular complexity index is 652. The van der Waals surface area contributed by atoms with Crippen LogP contribution in [-0.4, -0.2) is 23.2 Å². The van der Waals surface area contributed by atoms with E-state index < -0.39 is 5.91 Å². The van der Waals surface area contributed by atoms with Crippen LogP contribution in [0.1, 0.15) is 15.9 Å². The van der Waals surface area contributed by atoms with Crippen molar-refractivity contribution in [3.05, 3.63) is 47.5 Å². The first-order chi connectivity index (χ1) is 9.51. The van der Waals surface area contributed by atoms with E-state index in [0.29, 0.717) is 11.4 Å². The molecule has 0 aliphatic carbocycles. The minimum atomic E-state index is -0.480. The molecule has 0 saturated carbocycles. The second-order valence-corrected chi connectivity index (χ2v) is 4.36. The minimum absolute atomic E-state index is 0.0753. The predicted molar refractivity (Wildman–Crippen MR) is 75.5 cm³/mol. The summed E-state index contributed by atoms with van der Waals surface area (Å²) in [5, 5.41) is 21.6. The Morgan fingerprint density at radius 3 is 2.55 bits per heavy atom. The zero-order valence-electron chi connectivity index (χ0n) is 11.2. The number of ether oxygens (including phenoxy) is 1. The first-order valence-electron chi connectivity index (χ1n) is 5.99. The molecule has 0 radical (unpaired) electrons. The van der Waals surface area contributed by atoms with E-state index in [1.165, 1.54) is 19.2 Å². The van der Waals surface area contributed by atoms with Crippen LogP contribution in [0.2, 0.25) is 0 Å². The highest BCUT2D eigenvalue weighted by atomic mass is 16.5. The number of carbonyl (C=O) groups is 1. The van der Waals surface area contributed by atoms with Gasteiger partial charge in [0.05, 0.1) is 18.4 Å². The highest BCUT2D eigenvalue weighted by Gasteiger charge is 2.14. The molecule has 0 spiro atoms. The number of carbonyl (C=O) groups excluding carboxylic acids is 1. The van der Waals surface area contributed by atoms with Crippen LogP contribution in [0, 0.1) is 6.92 Å². The summed E-state index contributed by atoms with van der Waals surface area (Å²) >= 11 is 0. The van der Waals surface area contributed by atoms with E-state index in [9.17, 15) is 15.0 Å². The number of hydrogen-bond donors (Lipinski definition) is 3. The SMILES string of the molecule is COc1ccc(C)cc1NC(=O)c1ccc(O)cc1O. The largest absolute Gasteiger partial charge is 0.508 e. The van der Waals surface area contributed by atoms with Crippen molar-refractivity contribution < 1.29 is 19.7 Å². The summed E-state index contributed by atoms with van der Waals surface area (Å²) in [6, 6.07) is 9.19. The van der Waals surface area contributed by atoms with Crippen LogP contribution in [0.15, 0.2) is 36.4 Å². The van der Waals surface area contributed by atoms with E-state index in [0.717, 1.165) is 11.6 Å². The van der Waals surface area contributed by atoms with Gasteiger partial charge in [0.25, 0.3) is 5.91 Å². The number of benzene rings is 2. The molecule has 20 heavy (non-hydrogen) atoms. The van der Waals surface area contributed by atoms with Crippen molar-refractivity contribution >= 4 is 11.6 Å². The summed E-state index contributed by atoms with van der Waals surface area (Å²) < 4.78 is 5.17. The van der Waals surface area contributed by atoms with Crippen molar-refractivity contribution in [3.8, 4) is 17.2 Å². The van der Waals surface area contributed by atoms with Crippen LogP contribution in [-0.2, 0) is 0 Å². The maximum absolute atomic E-state index is 12.1. The number of aromatic hydroxyl groups is 2. The van der Waals surface area contributed by atoms with E-state index >= 15 is 0 Å². The normalized spacial score (nSPS) is 10.1. The van der Waals surface area contributed by atoms with Gasteiger partial charge in [-0.25, -0.2) is 0 Å². The van der Waals surface area contributed by atoms with Crippen molar-refractivity contribution in [1.29, 1.82) is 0 Å². The van der Waals surface area contributed by atoms with Crippen molar-refractivity contribution in [2.75, 3.05) is 12.4 Å². The highest BCUT2D eigenvalue weighted by Crippen LogP contribution is 2.28. The molecule has 0 aromatic heterocycles. The van der Waals surface area contributed by atoms with Gasteiger partial charge in [-0.3, -0.25) is 4.79 Å². The fourth-order valence-corrected chi connectivity index (χ4v) is 1.82. The molecule has 0 aliphatic heterocycles. The smallest absolute Gasteiger partial charge is 0.259 e. The van der Waals surface area contributed by atoms with Crippen molar-refractivity contribution in [2.45, 2.75) is 6.92 Å². The van der Waals surface area contributed by atoms with Crippen molar-refractivity contribution in [2.24, 2.45) is 0 Å². The molecule has 2 rings (SSSR count). The number of methoxy groups -OCH3 is 1. The molecule has 0 heterocycles. The number of amides is 1. The molecule has 0 fully saturated rings. The third kappa shape index (κ3) is 2.83. The van der Waals surface area contributed by atoms with E-state index in [1.54, 1.807) is 12.1 Å². The summed E-state index contributed by atoms with van der Waals surface area (Å²) in [7, 11) is 1.51. The minimum Gasteiger partial charge on any atom is -0.508 e. The maximum Gasteiger partial charge on any atom is 0.259 e. The molecule has 104 valence electrons. The van der Waals surface area contributed by atoms with Gasteiger partial charge in [0.2, 0.25) is 0 Å². The van der Waals surface area contributed by atoms with E-state index in [-0.39, 0.29) is 17.1 Å². The second kappa shape index (κ2) is 5.52. The monoisotopic (exact) mass is 273 g/mol. The number of hydrogen-bond acceptors (Lipinski definition) is 4. The number of phenols is 2. The standard InChI is InChI=1S/C15H15NO4/c1-9-3-6-14(20-2)12(7-9)16-15(19)11-5-4-10(17)8-13(11)18/h3-8,17-18H,1-2H3,(H,16,19). The average molecular weight is 273 g/mol. The Balaban J connectivity index is 2.30. The summed E-state index contributed by atoms with van der Waals surface area (Å²) in [4.78, 5) is 12.1. The van der Waals surface area contributed by atoms with E-state index in [2.05, 4.69) is 5.32 Å². The zero-order valence-corrected chi connectivity index (χ0v) is 11.2. The molecule has 0 atom stereocenters. The number of phenolic OH excluding ortho intramolecular Hbond substituents is 2. The van der Waals surface area contributed by atoms with Gasteiger partial charge in [-0.1, -0.05) is 6.07 Å². The Hall–Kier alpha value is -2.69. The van der Waals surface area contributed by atoms with Gasteiger partial charge < -0.3 is 20.3 Å². The molecule has 5 nitrogen and oxygen atoms in total. The molecule has 5 heteroatoms. The van der Waals surface area contributed by atoms with Gasteiger partial charge in [-0.2, -0.15) is 0 Å². The van der Waals surface area contributed by atoms with E-state index in [1.807, 2.05) is 13.0 Å². The van der Waals surface area contributed by atoms with Gasteiger partial charge in [0.15, 0.2) is 0 Å². The lowest BCUT2D eigenvalue weighted by atomic mass is 10.1. The van der Waals surface area contributed by atoms with Crippen molar-refractivity contribution in [1.82, 2.24) is 0 Å². The number of anilines is 1. The maximum atomic E-state index is 12.1. The number of aryl methyl sites for hydroxylation is 1. The van der Waals surface area contributed by atoms with Crippen LogP contribution >= 0.6 is 0 Å². The molecule has 0 aliphatic rings. The van der Waals surface area contributed by atoms with Crippen LogP contribution < -0.4 is 10.1 Å². The molecular formula is C15H15NO4. The topological polar surface area (TPSA) is 78.8 Å². The number of nitrogens with one attached hydrogen (secondary N) is 1. The average Bonchev–Trinajstić information content (AvgIpc) is 2.38. The summed E-state index contributed by atoms with van der Waals surface area (Å²) in [5.74, 6) is -0.338. The first kappa shape index (κ1) is 13.7. The highest BCUT2D eigenvalue weighted by molar-refractivity contribution is 6.06. The zero-order chi connectivity index (χ0) is 14.7. The third-order valence-corrected chi connectivity index (χ3v) is 2.83. The fourth-order valence-electron chi connectivity index (χ4n) is 1.82. The molecule has 2 aromatic carbocycles. The summed E-state index contributed by atoms with van der Waals surface area (Å²) in [5.41, 5.74) is 1.56. The van der Waals surface area contributed by atoms with Crippen LogP contribution in [0.4, 0.5) is 5.69 Å². The Morgan fingerprint density at radius 1 is 1.15 bits per heavy atom. The Morgan fingerprint density at radius 2 is 1.90 bits per heavy atom. The molecule has 0 saturated heterocycles. The lowest BCUT2D eigenvalue weighted by Gasteiger charge is -2.11. The summed E-state index contributed by atoms with van der Waals surface area (Å²) in [6.07, 6.45) is 0. The Labute approximate surface area is 116 Å². The fraction of sp³-hybridized carbons (Fsp3) is 0.133. The molecule has 3 N–H and O–H groups in total. The van der Waals surface area contributed by atoms with E-state index in [4.69, 9.17) is 4.74 Å². The molecule has 2 aromatic rings. The first-order valence-corrected chi connectivity index (χ1v) is 5.99. The molecule has 1 amide bonds. The lowest BCUT2D eigenvalue weighted by molar-refractivity contribution is 0.102. The molecular weight excluding hydrogens is 258 g/mol. The van der Waals surface area contributed by atoms with Gasteiger partial charge >= 0.3 is 0 Å². The third-order valence-electron chi connectivity index (χ3n) is 2.83. The quantitative estimate of drug-likeness (QED) is 0.803.